The normalized spacial score (nSPS) is 18.4. The monoisotopic (exact) mass is 247 g/mol. The minimum absolute atomic E-state index is 0.0163. The molecule has 3 nitrogen and oxygen atoms in total. The molecule has 1 N–H and O–H groups in total. The van der Waals surface area contributed by atoms with Gasteiger partial charge in [-0.05, 0) is 32.7 Å². The lowest BCUT2D eigenvalue weighted by Crippen LogP contribution is -2.20. The summed E-state index contributed by atoms with van der Waals surface area (Å²) in [5.41, 5.74) is -0.681. The molecule has 0 aromatic carbocycles. The van der Waals surface area contributed by atoms with Crippen molar-refractivity contribution in [1.29, 1.82) is 0 Å². The number of alkyl halides is 3. The zero-order valence-electron chi connectivity index (χ0n) is 9.67. The van der Waals surface area contributed by atoms with Crippen molar-refractivity contribution >= 4 is 0 Å². The molecule has 6 heteroatoms. The fourth-order valence-electron chi connectivity index (χ4n) is 1.64. The first-order chi connectivity index (χ1) is 7.97. The first kappa shape index (κ1) is 12.4. The Labute approximate surface area is 98.0 Å². The molecule has 1 aromatic heterocycles. The van der Waals surface area contributed by atoms with E-state index in [4.69, 9.17) is 0 Å². The molecule has 17 heavy (non-hydrogen) atoms. The highest BCUT2D eigenvalue weighted by atomic mass is 19.4. The number of hydrogen-bond acceptors (Lipinski definition) is 2. The second kappa shape index (κ2) is 4.68. The molecule has 1 aliphatic rings. The Kier molecular flexibility index (Phi) is 3.42. The number of aromatic nitrogens is 2. The molecule has 0 saturated heterocycles. The standard InChI is InChI=1S/C11H16F3N3/c1-8(4-5-15-10-2-3-10)17-7-9(6-16-17)11(12,13)14/h6-8,10,15H,2-5H2,1H3. The molecule has 1 aliphatic carbocycles. The molecule has 1 aromatic rings. The summed E-state index contributed by atoms with van der Waals surface area (Å²) >= 11 is 0. The third kappa shape index (κ3) is 3.46. The van der Waals surface area contributed by atoms with Crippen LogP contribution in [-0.4, -0.2) is 22.4 Å². The molecule has 1 atom stereocenters. The maximum absolute atomic E-state index is 12.4. The SMILES string of the molecule is CC(CCNC1CC1)n1cc(C(F)(F)F)cn1. The van der Waals surface area contributed by atoms with Gasteiger partial charge in [-0.15, -0.1) is 0 Å². The van der Waals surface area contributed by atoms with E-state index in [0.29, 0.717) is 6.04 Å². The molecule has 0 amide bonds. The van der Waals surface area contributed by atoms with Crippen LogP contribution in [0.15, 0.2) is 12.4 Å². The van der Waals surface area contributed by atoms with Crippen LogP contribution in [0.3, 0.4) is 0 Å². The number of nitrogens with one attached hydrogen (secondary N) is 1. The number of hydrogen-bond donors (Lipinski definition) is 1. The van der Waals surface area contributed by atoms with Gasteiger partial charge in [-0.2, -0.15) is 18.3 Å². The van der Waals surface area contributed by atoms with Gasteiger partial charge < -0.3 is 5.32 Å². The summed E-state index contributed by atoms with van der Waals surface area (Å²) in [5, 5.41) is 7.10. The number of nitrogens with zero attached hydrogens (tertiary/aromatic N) is 2. The van der Waals surface area contributed by atoms with E-state index in [-0.39, 0.29) is 6.04 Å². The van der Waals surface area contributed by atoms with Crippen LogP contribution in [-0.2, 0) is 6.18 Å². The van der Waals surface area contributed by atoms with Crippen LogP contribution >= 0.6 is 0 Å². The van der Waals surface area contributed by atoms with Crippen LogP contribution in [0.25, 0.3) is 0 Å². The smallest absolute Gasteiger partial charge is 0.314 e. The molecule has 2 rings (SSSR count). The fraction of sp³-hybridized carbons (Fsp3) is 0.727. The van der Waals surface area contributed by atoms with Gasteiger partial charge in [0.25, 0.3) is 0 Å². The quantitative estimate of drug-likeness (QED) is 0.866. The van der Waals surface area contributed by atoms with E-state index in [1.165, 1.54) is 17.5 Å². The average molecular weight is 247 g/mol. The summed E-state index contributed by atoms with van der Waals surface area (Å²) in [6.07, 6.45) is 0.870. The molecule has 0 aliphatic heterocycles. The maximum atomic E-state index is 12.4. The third-order valence-electron chi connectivity index (χ3n) is 2.95. The molecule has 1 heterocycles. The van der Waals surface area contributed by atoms with Crippen molar-refractivity contribution in [1.82, 2.24) is 15.1 Å². The van der Waals surface area contributed by atoms with Crippen molar-refractivity contribution in [3.63, 3.8) is 0 Å². The van der Waals surface area contributed by atoms with E-state index in [0.717, 1.165) is 25.4 Å². The summed E-state index contributed by atoms with van der Waals surface area (Å²) in [7, 11) is 0. The van der Waals surface area contributed by atoms with Crippen LogP contribution in [0.1, 0.15) is 37.8 Å². The molecular formula is C11H16F3N3. The van der Waals surface area contributed by atoms with Gasteiger partial charge >= 0.3 is 6.18 Å². The predicted molar refractivity (Wildman–Crippen MR) is 57.6 cm³/mol. The second-order valence-corrected chi connectivity index (χ2v) is 4.57. The summed E-state index contributed by atoms with van der Waals surface area (Å²) in [6, 6.07) is 0.614. The lowest BCUT2D eigenvalue weighted by Gasteiger charge is -2.12. The predicted octanol–water partition coefficient (Wildman–Crippen LogP) is 2.61. The lowest BCUT2D eigenvalue weighted by atomic mass is 10.2. The van der Waals surface area contributed by atoms with Crippen LogP contribution in [0, 0.1) is 0 Å². The van der Waals surface area contributed by atoms with E-state index < -0.39 is 11.7 Å². The Hall–Kier alpha value is -1.04. The molecule has 0 radical (unpaired) electrons. The van der Waals surface area contributed by atoms with Gasteiger partial charge in [-0.3, -0.25) is 4.68 Å². The maximum Gasteiger partial charge on any atom is 0.419 e. The molecule has 0 bridgehead atoms. The Bertz CT molecular complexity index is 368. The highest BCUT2D eigenvalue weighted by molar-refractivity contribution is 5.08. The molecule has 1 unspecified atom stereocenters. The first-order valence-electron chi connectivity index (χ1n) is 5.81. The van der Waals surface area contributed by atoms with Gasteiger partial charge in [0, 0.05) is 12.2 Å². The zero-order chi connectivity index (χ0) is 12.5. The van der Waals surface area contributed by atoms with Crippen molar-refractivity contribution in [2.24, 2.45) is 0 Å². The lowest BCUT2D eigenvalue weighted by molar-refractivity contribution is -0.137. The largest absolute Gasteiger partial charge is 0.419 e. The van der Waals surface area contributed by atoms with Crippen LogP contribution < -0.4 is 5.32 Å². The van der Waals surface area contributed by atoms with Crippen LogP contribution in [0.5, 0.6) is 0 Å². The summed E-state index contributed by atoms with van der Waals surface area (Å²) < 4.78 is 38.5. The van der Waals surface area contributed by atoms with Crippen molar-refractivity contribution in [3.05, 3.63) is 18.0 Å². The van der Waals surface area contributed by atoms with Crippen molar-refractivity contribution < 1.29 is 13.2 Å². The summed E-state index contributed by atoms with van der Waals surface area (Å²) in [4.78, 5) is 0. The van der Waals surface area contributed by atoms with E-state index in [9.17, 15) is 13.2 Å². The Morgan fingerprint density at radius 1 is 1.53 bits per heavy atom. The van der Waals surface area contributed by atoms with Gasteiger partial charge in [-0.1, -0.05) is 0 Å². The Morgan fingerprint density at radius 3 is 2.76 bits per heavy atom. The second-order valence-electron chi connectivity index (χ2n) is 4.57. The highest BCUT2D eigenvalue weighted by Crippen LogP contribution is 2.29. The van der Waals surface area contributed by atoms with E-state index >= 15 is 0 Å². The molecule has 1 saturated carbocycles. The topological polar surface area (TPSA) is 29.9 Å². The Balaban J connectivity index is 1.85. The molecule has 1 fully saturated rings. The minimum atomic E-state index is -4.30. The van der Waals surface area contributed by atoms with Crippen molar-refractivity contribution in [2.75, 3.05) is 6.54 Å². The number of halogens is 3. The average Bonchev–Trinajstić information content (AvgIpc) is 2.91. The molecular weight excluding hydrogens is 231 g/mol. The van der Waals surface area contributed by atoms with E-state index in [2.05, 4.69) is 10.4 Å². The number of rotatable bonds is 5. The summed E-state index contributed by atoms with van der Waals surface area (Å²) in [6.45, 7) is 2.70. The third-order valence-corrected chi connectivity index (χ3v) is 2.95. The van der Waals surface area contributed by atoms with Crippen LogP contribution in [0.2, 0.25) is 0 Å². The minimum Gasteiger partial charge on any atom is -0.314 e. The van der Waals surface area contributed by atoms with Gasteiger partial charge in [0.1, 0.15) is 0 Å². The summed E-state index contributed by atoms with van der Waals surface area (Å²) in [5.74, 6) is 0. The van der Waals surface area contributed by atoms with Crippen molar-refractivity contribution in [3.8, 4) is 0 Å². The van der Waals surface area contributed by atoms with Gasteiger partial charge in [0.05, 0.1) is 17.8 Å². The van der Waals surface area contributed by atoms with Crippen LogP contribution in [0.4, 0.5) is 13.2 Å². The first-order valence-corrected chi connectivity index (χ1v) is 5.81. The molecule has 96 valence electrons. The highest BCUT2D eigenvalue weighted by Gasteiger charge is 2.32. The van der Waals surface area contributed by atoms with Crippen molar-refractivity contribution in [2.45, 2.75) is 44.4 Å². The van der Waals surface area contributed by atoms with Gasteiger partial charge in [-0.25, -0.2) is 0 Å². The Morgan fingerprint density at radius 2 is 2.24 bits per heavy atom. The van der Waals surface area contributed by atoms with E-state index in [1.54, 1.807) is 0 Å². The fourth-order valence-corrected chi connectivity index (χ4v) is 1.64. The molecule has 0 spiro atoms. The van der Waals surface area contributed by atoms with Gasteiger partial charge in [0.15, 0.2) is 0 Å². The zero-order valence-corrected chi connectivity index (χ0v) is 9.67. The van der Waals surface area contributed by atoms with Gasteiger partial charge in [0.2, 0.25) is 0 Å². The van der Waals surface area contributed by atoms with E-state index in [1.807, 2.05) is 6.92 Å².